The van der Waals surface area contributed by atoms with Crippen LogP contribution in [0.2, 0.25) is 0 Å². The molecule has 0 unspecified atom stereocenters. The quantitative estimate of drug-likeness (QED) is 0.579. The highest BCUT2D eigenvalue weighted by atomic mass is 19.1. The fourth-order valence-electron chi connectivity index (χ4n) is 3.77. The van der Waals surface area contributed by atoms with E-state index in [-0.39, 0.29) is 30.2 Å². The van der Waals surface area contributed by atoms with Gasteiger partial charge in [0.05, 0.1) is 5.56 Å². The third-order valence-electron chi connectivity index (χ3n) is 5.19. The summed E-state index contributed by atoms with van der Waals surface area (Å²) in [5.74, 6) is -0.580. The molecule has 150 valence electrons. The first-order chi connectivity index (χ1) is 14.7. The molecule has 3 aromatic rings. The zero-order valence-electron chi connectivity index (χ0n) is 16.2. The molecule has 0 radical (unpaired) electrons. The van der Waals surface area contributed by atoms with Gasteiger partial charge in [0, 0.05) is 18.0 Å². The van der Waals surface area contributed by atoms with E-state index in [2.05, 4.69) is 29.6 Å². The van der Waals surface area contributed by atoms with Gasteiger partial charge in [-0.25, -0.2) is 9.18 Å². The molecule has 5 heteroatoms. The standard InChI is InChI=1S/C25H20FNO3/c26-24-17(7-5-8-18(24)15-28)9-6-14-27-25(29)30-16-23-21-12-3-1-10-19(21)20-11-2-4-13-22(20)23/h1-13,15,23H,14,16H2,(H,27,29). The van der Waals surface area contributed by atoms with E-state index in [0.717, 1.165) is 11.1 Å². The molecule has 0 atom stereocenters. The molecular weight excluding hydrogens is 381 g/mol. The van der Waals surface area contributed by atoms with E-state index in [0.29, 0.717) is 6.29 Å². The van der Waals surface area contributed by atoms with Crippen molar-refractivity contribution in [2.75, 3.05) is 13.2 Å². The minimum absolute atomic E-state index is 0.00105. The molecule has 4 rings (SSSR count). The van der Waals surface area contributed by atoms with Crippen molar-refractivity contribution in [1.82, 2.24) is 5.32 Å². The number of benzene rings is 3. The van der Waals surface area contributed by atoms with Crippen LogP contribution in [0.3, 0.4) is 0 Å². The zero-order valence-corrected chi connectivity index (χ0v) is 16.2. The van der Waals surface area contributed by atoms with Crippen molar-refractivity contribution in [2.24, 2.45) is 0 Å². The Hall–Kier alpha value is -3.73. The molecule has 0 heterocycles. The number of aldehydes is 1. The first kappa shape index (κ1) is 19.6. The summed E-state index contributed by atoms with van der Waals surface area (Å²) in [6, 6.07) is 20.8. The average Bonchev–Trinajstić information content (AvgIpc) is 3.10. The van der Waals surface area contributed by atoms with Crippen LogP contribution >= 0.6 is 0 Å². The Morgan fingerprint density at radius 2 is 1.57 bits per heavy atom. The van der Waals surface area contributed by atoms with Crippen LogP contribution in [0, 0.1) is 5.82 Å². The SMILES string of the molecule is O=Cc1cccc(C=CCNC(=O)OCC2c3ccccc3-c3ccccc32)c1F. The smallest absolute Gasteiger partial charge is 0.407 e. The van der Waals surface area contributed by atoms with Crippen LogP contribution in [0.5, 0.6) is 0 Å². The first-order valence-electron chi connectivity index (χ1n) is 9.68. The predicted molar refractivity (Wildman–Crippen MR) is 114 cm³/mol. The van der Waals surface area contributed by atoms with Crippen LogP contribution in [0.4, 0.5) is 9.18 Å². The highest BCUT2D eigenvalue weighted by molar-refractivity contribution is 5.79. The Labute approximate surface area is 174 Å². The summed E-state index contributed by atoms with van der Waals surface area (Å²) in [6.07, 6.45) is 3.06. The predicted octanol–water partition coefficient (Wildman–Crippen LogP) is 5.19. The minimum atomic E-state index is -0.579. The van der Waals surface area contributed by atoms with E-state index in [1.807, 2.05) is 24.3 Å². The lowest BCUT2D eigenvalue weighted by Gasteiger charge is -2.14. The minimum Gasteiger partial charge on any atom is -0.449 e. The second-order valence-electron chi connectivity index (χ2n) is 6.98. The third kappa shape index (κ3) is 3.87. The number of hydrogen-bond donors (Lipinski definition) is 1. The van der Waals surface area contributed by atoms with Gasteiger partial charge in [0.1, 0.15) is 12.4 Å². The first-order valence-corrected chi connectivity index (χ1v) is 9.68. The van der Waals surface area contributed by atoms with Crippen LogP contribution in [-0.2, 0) is 4.74 Å². The summed E-state index contributed by atoms with van der Waals surface area (Å²) in [5, 5.41) is 2.63. The summed E-state index contributed by atoms with van der Waals surface area (Å²) < 4.78 is 19.4. The van der Waals surface area contributed by atoms with E-state index in [1.165, 1.54) is 23.3 Å². The zero-order chi connectivity index (χ0) is 20.9. The van der Waals surface area contributed by atoms with E-state index >= 15 is 0 Å². The largest absolute Gasteiger partial charge is 0.449 e. The Balaban J connectivity index is 1.34. The van der Waals surface area contributed by atoms with Gasteiger partial charge in [0.15, 0.2) is 6.29 Å². The van der Waals surface area contributed by atoms with Crippen LogP contribution in [-0.4, -0.2) is 25.5 Å². The van der Waals surface area contributed by atoms with Crippen molar-refractivity contribution >= 4 is 18.5 Å². The summed E-state index contributed by atoms with van der Waals surface area (Å²) in [7, 11) is 0. The molecule has 0 saturated heterocycles. The number of ether oxygens (including phenoxy) is 1. The molecule has 0 aromatic heterocycles. The van der Waals surface area contributed by atoms with Gasteiger partial charge in [0.25, 0.3) is 0 Å². The molecule has 0 spiro atoms. The summed E-state index contributed by atoms with van der Waals surface area (Å²) in [5.41, 5.74) is 4.93. The van der Waals surface area contributed by atoms with Crippen LogP contribution < -0.4 is 5.32 Å². The Morgan fingerprint density at radius 1 is 0.933 bits per heavy atom. The molecule has 1 aliphatic carbocycles. The molecule has 0 saturated carbocycles. The fraction of sp³-hybridized carbons (Fsp3) is 0.120. The molecule has 3 aromatic carbocycles. The van der Waals surface area contributed by atoms with Crippen molar-refractivity contribution in [3.8, 4) is 11.1 Å². The third-order valence-corrected chi connectivity index (χ3v) is 5.19. The molecule has 1 aliphatic rings. The Morgan fingerprint density at radius 3 is 2.23 bits per heavy atom. The van der Waals surface area contributed by atoms with Crippen molar-refractivity contribution in [3.05, 3.63) is 101 Å². The lowest BCUT2D eigenvalue weighted by Crippen LogP contribution is -2.26. The number of halogens is 1. The summed E-state index contributed by atoms with van der Waals surface area (Å²) in [6.45, 7) is 0.418. The Kier molecular flexibility index (Phi) is 5.70. The number of hydrogen-bond acceptors (Lipinski definition) is 3. The maximum atomic E-state index is 14.0. The molecule has 1 N–H and O–H groups in total. The summed E-state index contributed by atoms with van der Waals surface area (Å²) in [4.78, 5) is 22.9. The van der Waals surface area contributed by atoms with Gasteiger partial charge in [-0.2, -0.15) is 0 Å². The Bertz CT molecular complexity index is 1080. The molecule has 4 nitrogen and oxygen atoms in total. The number of amides is 1. The highest BCUT2D eigenvalue weighted by Crippen LogP contribution is 2.44. The normalized spacial score (nSPS) is 12.4. The fourth-order valence-corrected chi connectivity index (χ4v) is 3.77. The monoisotopic (exact) mass is 401 g/mol. The molecule has 30 heavy (non-hydrogen) atoms. The van der Waals surface area contributed by atoms with E-state index in [1.54, 1.807) is 18.2 Å². The number of fused-ring (bicyclic) bond motifs is 3. The van der Waals surface area contributed by atoms with Gasteiger partial charge in [-0.3, -0.25) is 4.79 Å². The molecule has 0 bridgehead atoms. The highest BCUT2D eigenvalue weighted by Gasteiger charge is 2.28. The van der Waals surface area contributed by atoms with Gasteiger partial charge in [0.2, 0.25) is 0 Å². The van der Waals surface area contributed by atoms with E-state index < -0.39 is 11.9 Å². The van der Waals surface area contributed by atoms with Crippen molar-refractivity contribution in [2.45, 2.75) is 5.92 Å². The van der Waals surface area contributed by atoms with Crippen molar-refractivity contribution in [3.63, 3.8) is 0 Å². The number of carbonyl (C=O) groups excluding carboxylic acids is 2. The number of nitrogens with one attached hydrogen (secondary N) is 1. The lowest BCUT2D eigenvalue weighted by molar-refractivity contribution is 0.111. The number of rotatable bonds is 6. The molecular formula is C25H20FNO3. The van der Waals surface area contributed by atoms with Crippen LogP contribution in [0.15, 0.2) is 72.8 Å². The molecule has 0 aliphatic heterocycles. The lowest BCUT2D eigenvalue weighted by atomic mass is 9.98. The average molecular weight is 401 g/mol. The van der Waals surface area contributed by atoms with Crippen molar-refractivity contribution in [1.29, 1.82) is 0 Å². The maximum absolute atomic E-state index is 14.0. The van der Waals surface area contributed by atoms with Crippen LogP contribution in [0.25, 0.3) is 17.2 Å². The van der Waals surface area contributed by atoms with E-state index in [9.17, 15) is 14.0 Å². The van der Waals surface area contributed by atoms with Gasteiger partial charge in [-0.15, -0.1) is 0 Å². The van der Waals surface area contributed by atoms with Gasteiger partial charge in [-0.05, 0) is 28.3 Å². The second-order valence-corrected chi connectivity index (χ2v) is 6.98. The number of alkyl carbamates (subject to hydrolysis) is 1. The second kappa shape index (κ2) is 8.74. The van der Waals surface area contributed by atoms with Crippen molar-refractivity contribution < 1.29 is 18.7 Å². The van der Waals surface area contributed by atoms with Gasteiger partial charge >= 0.3 is 6.09 Å². The number of carbonyl (C=O) groups is 2. The van der Waals surface area contributed by atoms with Gasteiger partial charge in [-0.1, -0.05) is 72.8 Å². The maximum Gasteiger partial charge on any atom is 0.407 e. The summed E-state index contributed by atoms with van der Waals surface area (Å²) >= 11 is 0. The molecule has 0 fully saturated rings. The topological polar surface area (TPSA) is 55.4 Å². The molecule has 1 amide bonds. The van der Waals surface area contributed by atoms with Crippen LogP contribution in [0.1, 0.15) is 33.0 Å². The van der Waals surface area contributed by atoms with Gasteiger partial charge < -0.3 is 10.1 Å². The van der Waals surface area contributed by atoms with E-state index in [4.69, 9.17) is 4.74 Å².